The van der Waals surface area contributed by atoms with Gasteiger partial charge in [-0.15, -0.1) is 10.2 Å². The molecular formula is C24H32N6OS. The molecule has 32 heavy (non-hydrogen) atoms. The van der Waals surface area contributed by atoms with Crippen molar-refractivity contribution in [2.75, 3.05) is 41.3 Å². The van der Waals surface area contributed by atoms with Crippen molar-refractivity contribution in [1.29, 1.82) is 0 Å². The van der Waals surface area contributed by atoms with Gasteiger partial charge in [0.25, 0.3) is 5.91 Å². The number of carbonyl (C=O) groups excluding carboxylic acids is 1. The summed E-state index contributed by atoms with van der Waals surface area (Å²) < 4.78 is 1.83. The van der Waals surface area contributed by atoms with Crippen LogP contribution in [0.1, 0.15) is 55.6 Å². The molecule has 0 atom stereocenters. The number of anilines is 3. The predicted octanol–water partition coefficient (Wildman–Crippen LogP) is 5.12. The van der Waals surface area contributed by atoms with E-state index in [2.05, 4.69) is 51.3 Å². The minimum Gasteiger partial charge on any atom is -0.372 e. The van der Waals surface area contributed by atoms with Crippen LogP contribution in [0, 0.1) is 6.92 Å². The summed E-state index contributed by atoms with van der Waals surface area (Å²) in [6.45, 7) is 10.3. The highest BCUT2D eigenvalue weighted by molar-refractivity contribution is 7.17. The van der Waals surface area contributed by atoms with Gasteiger partial charge in [0.15, 0.2) is 0 Å². The molecule has 3 aromatic rings. The Labute approximate surface area is 194 Å². The molecule has 1 amide bonds. The van der Waals surface area contributed by atoms with Crippen LogP contribution in [-0.4, -0.2) is 46.9 Å². The van der Waals surface area contributed by atoms with Gasteiger partial charge in [0.05, 0.1) is 0 Å². The maximum Gasteiger partial charge on any atom is 0.272 e. The molecule has 0 bridgehead atoms. The fourth-order valence-electron chi connectivity index (χ4n) is 4.19. The zero-order valence-corrected chi connectivity index (χ0v) is 20.0. The zero-order chi connectivity index (χ0) is 22.5. The second-order valence-electron chi connectivity index (χ2n) is 8.16. The molecule has 0 saturated carbocycles. The summed E-state index contributed by atoms with van der Waals surface area (Å²) in [6.07, 6.45) is 6.81. The number of nitrogens with one attached hydrogen (secondary N) is 1. The molecule has 2 aromatic heterocycles. The summed E-state index contributed by atoms with van der Waals surface area (Å²) in [4.78, 5) is 17.7. The van der Waals surface area contributed by atoms with Crippen molar-refractivity contribution >= 4 is 33.8 Å². The average molecular weight is 453 g/mol. The Hall–Kier alpha value is -2.87. The highest BCUT2D eigenvalue weighted by atomic mass is 32.1. The van der Waals surface area contributed by atoms with Gasteiger partial charge in [-0.1, -0.05) is 24.2 Å². The average Bonchev–Trinajstić information content (AvgIpc) is 3.40. The van der Waals surface area contributed by atoms with E-state index in [1.54, 1.807) is 0 Å². The van der Waals surface area contributed by atoms with Crippen molar-refractivity contribution in [3.63, 3.8) is 0 Å². The van der Waals surface area contributed by atoms with E-state index in [-0.39, 0.29) is 5.91 Å². The van der Waals surface area contributed by atoms with Crippen molar-refractivity contribution in [2.24, 2.45) is 0 Å². The van der Waals surface area contributed by atoms with Gasteiger partial charge in [0.1, 0.15) is 5.69 Å². The van der Waals surface area contributed by atoms with Gasteiger partial charge in [-0.25, -0.2) is 0 Å². The van der Waals surface area contributed by atoms with E-state index < -0.39 is 0 Å². The molecule has 3 heterocycles. The van der Waals surface area contributed by atoms with Crippen LogP contribution in [0.15, 0.2) is 36.5 Å². The van der Waals surface area contributed by atoms with Crippen molar-refractivity contribution in [1.82, 2.24) is 14.8 Å². The topological polar surface area (TPSA) is 66.3 Å². The summed E-state index contributed by atoms with van der Waals surface area (Å²) in [5.41, 5.74) is 3.58. The van der Waals surface area contributed by atoms with Gasteiger partial charge in [-0.05, 0) is 69.5 Å². The molecule has 170 valence electrons. The first-order valence-corrected chi connectivity index (χ1v) is 12.4. The molecule has 1 saturated heterocycles. The van der Waals surface area contributed by atoms with Crippen molar-refractivity contribution < 1.29 is 4.79 Å². The maximum absolute atomic E-state index is 13.1. The second-order valence-corrected chi connectivity index (χ2v) is 9.09. The summed E-state index contributed by atoms with van der Waals surface area (Å²) >= 11 is 1.54. The zero-order valence-electron chi connectivity index (χ0n) is 19.2. The molecule has 1 N–H and O–H groups in total. The van der Waals surface area contributed by atoms with Crippen LogP contribution in [-0.2, 0) is 0 Å². The minimum atomic E-state index is -0.153. The van der Waals surface area contributed by atoms with Crippen molar-refractivity contribution in [3.8, 4) is 5.13 Å². The molecular weight excluding hydrogens is 420 g/mol. The van der Waals surface area contributed by atoms with Gasteiger partial charge in [-0.2, -0.15) is 0 Å². The van der Waals surface area contributed by atoms with Crippen LogP contribution in [0.3, 0.4) is 0 Å². The molecule has 1 aromatic carbocycles. The Balaban J connectivity index is 1.51. The third-order valence-electron chi connectivity index (χ3n) is 6.05. The second kappa shape index (κ2) is 10.2. The lowest BCUT2D eigenvalue weighted by Crippen LogP contribution is -2.23. The molecule has 4 rings (SSSR count). The molecule has 1 fully saturated rings. The summed E-state index contributed by atoms with van der Waals surface area (Å²) in [6, 6.07) is 9.86. The number of aryl methyl sites for hydroxylation is 1. The maximum atomic E-state index is 13.1. The van der Waals surface area contributed by atoms with Crippen LogP contribution in [0.2, 0.25) is 0 Å². The highest BCUT2D eigenvalue weighted by Crippen LogP contribution is 2.27. The quantitative estimate of drug-likeness (QED) is 0.539. The Morgan fingerprint density at radius 1 is 1.06 bits per heavy atom. The van der Waals surface area contributed by atoms with Crippen LogP contribution in [0.4, 0.5) is 16.5 Å². The van der Waals surface area contributed by atoms with E-state index in [9.17, 15) is 4.79 Å². The third-order valence-corrected chi connectivity index (χ3v) is 7.04. The third kappa shape index (κ3) is 4.80. The largest absolute Gasteiger partial charge is 0.372 e. The van der Waals surface area contributed by atoms with Gasteiger partial charge in [-0.3, -0.25) is 9.36 Å². The number of hydrogen-bond acceptors (Lipinski definition) is 6. The molecule has 7 nitrogen and oxygen atoms in total. The fraction of sp³-hybridized carbons (Fsp3) is 0.458. The lowest BCUT2D eigenvalue weighted by molar-refractivity contribution is 0.102. The Morgan fingerprint density at radius 3 is 2.47 bits per heavy atom. The summed E-state index contributed by atoms with van der Waals surface area (Å²) in [5, 5.41) is 13.5. The van der Waals surface area contributed by atoms with E-state index in [1.807, 2.05) is 35.9 Å². The van der Waals surface area contributed by atoms with Gasteiger partial charge < -0.3 is 15.1 Å². The number of nitrogens with zero attached hydrogens (tertiary/aromatic N) is 5. The normalized spacial score (nSPS) is 14.3. The highest BCUT2D eigenvalue weighted by Gasteiger charge is 2.19. The van der Waals surface area contributed by atoms with Crippen LogP contribution in [0.25, 0.3) is 5.13 Å². The lowest BCUT2D eigenvalue weighted by atomic mass is 10.1. The smallest absolute Gasteiger partial charge is 0.272 e. The Bertz CT molecular complexity index is 1050. The standard InChI is InChI=1S/C24H32N6OS/c1-4-28(5-2)19-12-13-20(18(3)17-19)25-22(31)21-11-10-16-30(21)24-27-26-23(32-24)29-14-8-6-7-9-15-29/h10-13,16-17H,4-9,14-15H2,1-3H3,(H,25,31). The van der Waals surface area contributed by atoms with Gasteiger partial charge in [0.2, 0.25) is 10.3 Å². The number of hydrogen-bond donors (Lipinski definition) is 1. The molecule has 8 heteroatoms. The summed E-state index contributed by atoms with van der Waals surface area (Å²) in [5.74, 6) is -0.153. The molecule has 1 aliphatic heterocycles. The molecule has 0 aliphatic carbocycles. The van der Waals surface area contributed by atoms with Crippen molar-refractivity contribution in [2.45, 2.75) is 46.5 Å². The number of benzene rings is 1. The predicted molar refractivity (Wildman–Crippen MR) is 133 cm³/mol. The SMILES string of the molecule is CCN(CC)c1ccc(NC(=O)c2cccn2-c2nnc(N3CCCCCC3)s2)c(C)c1. The van der Waals surface area contributed by atoms with E-state index in [1.165, 1.54) is 42.7 Å². The van der Waals surface area contributed by atoms with E-state index >= 15 is 0 Å². The fourth-order valence-corrected chi connectivity index (χ4v) is 5.08. The first kappa shape index (κ1) is 22.3. The van der Waals surface area contributed by atoms with Crippen LogP contribution in [0.5, 0.6) is 0 Å². The molecule has 0 radical (unpaired) electrons. The van der Waals surface area contributed by atoms with Crippen LogP contribution >= 0.6 is 11.3 Å². The van der Waals surface area contributed by atoms with E-state index in [4.69, 9.17) is 0 Å². The molecule has 0 spiro atoms. The van der Waals surface area contributed by atoms with E-state index in [0.717, 1.165) is 42.6 Å². The number of rotatable bonds is 7. The van der Waals surface area contributed by atoms with E-state index in [0.29, 0.717) is 10.8 Å². The first-order valence-electron chi connectivity index (χ1n) is 11.5. The van der Waals surface area contributed by atoms with Crippen LogP contribution < -0.4 is 15.1 Å². The number of carbonyl (C=O) groups is 1. The number of amides is 1. The number of aromatic nitrogens is 3. The lowest BCUT2D eigenvalue weighted by Gasteiger charge is -2.22. The first-order chi connectivity index (χ1) is 15.6. The van der Waals surface area contributed by atoms with Gasteiger partial charge in [0, 0.05) is 43.8 Å². The monoisotopic (exact) mass is 452 g/mol. The Morgan fingerprint density at radius 2 is 1.78 bits per heavy atom. The van der Waals surface area contributed by atoms with Crippen molar-refractivity contribution in [3.05, 3.63) is 47.8 Å². The Kier molecular flexibility index (Phi) is 7.09. The minimum absolute atomic E-state index is 0.153. The molecule has 1 aliphatic rings. The molecule has 0 unspecified atom stereocenters. The van der Waals surface area contributed by atoms with Gasteiger partial charge >= 0.3 is 0 Å². The summed E-state index contributed by atoms with van der Waals surface area (Å²) in [7, 11) is 0.